The van der Waals surface area contributed by atoms with Crippen molar-refractivity contribution in [3.63, 3.8) is 0 Å². The second-order valence-electron chi connectivity index (χ2n) is 4.71. The van der Waals surface area contributed by atoms with Crippen molar-refractivity contribution < 1.29 is 23.8 Å². The zero-order chi connectivity index (χ0) is 18.3. The Hall–Kier alpha value is -2.59. The first kappa shape index (κ1) is 19.5. The molecule has 7 nitrogen and oxygen atoms in total. The van der Waals surface area contributed by atoms with Crippen molar-refractivity contribution in [1.82, 2.24) is 0 Å². The zero-order valence-corrected chi connectivity index (χ0v) is 14.3. The highest BCUT2D eigenvalue weighted by Gasteiger charge is 2.23. The topological polar surface area (TPSA) is 109 Å². The number of carbonyl (C=O) groups is 2. The molecule has 0 aromatic heterocycles. The maximum Gasteiger partial charge on any atom is 0.338 e. The van der Waals surface area contributed by atoms with Gasteiger partial charge in [-0.2, -0.15) is 5.26 Å². The van der Waals surface area contributed by atoms with Crippen LogP contribution >= 0.6 is 11.6 Å². The third-order valence-corrected chi connectivity index (χ3v) is 3.26. The fraction of sp³-hybridized carbons (Fsp3) is 0.375. The van der Waals surface area contributed by atoms with Crippen molar-refractivity contribution >= 4 is 29.1 Å². The number of halogens is 1. The van der Waals surface area contributed by atoms with E-state index < -0.39 is 24.3 Å². The summed E-state index contributed by atoms with van der Waals surface area (Å²) in [6, 6.07) is 4.41. The summed E-state index contributed by atoms with van der Waals surface area (Å²) in [5.74, 6) is -2.13. The van der Waals surface area contributed by atoms with Gasteiger partial charge in [0.25, 0.3) is 0 Å². The summed E-state index contributed by atoms with van der Waals surface area (Å²) in [5.41, 5.74) is -0.0301. The average Bonchev–Trinajstić information content (AvgIpc) is 2.54. The number of nitrogens with zero attached hydrogens (tertiary/aromatic N) is 1. The lowest BCUT2D eigenvalue weighted by Crippen LogP contribution is -2.25. The monoisotopic (exact) mass is 352 g/mol. The third kappa shape index (κ3) is 4.70. The summed E-state index contributed by atoms with van der Waals surface area (Å²) in [7, 11) is 1.40. The van der Waals surface area contributed by atoms with Gasteiger partial charge in [-0.25, -0.2) is 4.79 Å². The lowest BCUT2D eigenvalue weighted by molar-refractivity contribution is -0.122. The number of methoxy groups -OCH3 is 1. The smallest absolute Gasteiger partial charge is 0.338 e. The van der Waals surface area contributed by atoms with E-state index in [1.165, 1.54) is 26.2 Å². The summed E-state index contributed by atoms with van der Waals surface area (Å²) in [5, 5.41) is 16.3. The van der Waals surface area contributed by atoms with Crippen LogP contribution in [0.4, 0.5) is 0 Å². The van der Waals surface area contributed by atoms with Gasteiger partial charge in [0.2, 0.25) is 0 Å². The van der Waals surface area contributed by atoms with Gasteiger partial charge in [0.05, 0.1) is 30.4 Å². The minimum absolute atomic E-state index is 0.0770. The first-order valence-electron chi connectivity index (χ1n) is 7.00. The van der Waals surface area contributed by atoms with Crippen LogP contribution in [-0.4, -0.2) is 37.8 Å². The number of ether oxygens (including phenoxy) is 3. The first-order chi connectivity index (χ1) is 11.3. The molecule has 1 N–H and O–H groups in total. The largest absolute Gasteiger partial charge is 0.493 e. The highest BCUT2D eigenvalue weighted by molar-refractivity contribution is 6.32. The van der Waals surface area contributed by atoms with Gasteiger partial charge < -0.3 is 19.6 Å². The summed E-state index contributed by atoms with van der Waals surface area (Å²) >= 11 is 6.06. The number of carbonyl (C=O) groups excluding carboxylic acids is 2. The van der Waals surface area contributed by atoms with Crippen molar-refractivity contribution in [2.75, 3.05) is 20.3 Å². The third-order valence-electron chi connectivity index (χ3n) is 2.98. The van der Waals surface area contributed by atoms with Crippen molar-refractivity contribution in [1.29, 1.82) is 10.7 Å². The molecule has 0 saturated carbocycles. The molecular formula is C16H17ClN2O5. The fourth-order valence-electron chi connectivity index (χ4n) is 1.84. The molecule has 0 saturated heterocycles. The molecule has 0 unspecified atom stereocenters. The summed E-state index contributed by atoms with van der Waals surface area (Å²) in [6.07, 6.45) is 0. The van der Waals surface area contributed by atoms with E-state index in [0.29, 0.717) is 12.4 Å². The summed E-state index contributed by atoms with van der Waals surface area (Å²) < 4.78 is 15.4. The molecule has 1 rings (SSSR count). The Balaban J connectivity index is 2.89. The molecule has 1 aromatic carbocycles. The van der Waals surface area contributed by atoms with Crippen LogP contribution in [0.5, 0.6) is 11.5 Å². The number of esters is 1. The fourth-order valence-corrected chi connectivity index (χ4v) is 2.10. The first-order valence-corrected chi connectivity index (χ1v) is 7.38. The van der Waals surface area contributed by atoms with E-state index in [0.717, 1.165) is 0 Å². The molecule has 0 spiro atoms. The second kappa shape index (κ2) is 8.89. The van der Waals surface area contributed by atoms with Gasteiger partial charge in [-0.3, -0.25) is 4.79 Å². The van der Waals surface area contributed by atoms with Gasteiger partial charge in [0.1, 0.15) is 5.92 Å². The Morgan fingerprint density at radius 2 is 2.08 bits per heavy atom. The molecule has 0 amide bonds. The zero-order valence-electron chi connectivity index (χ0n) is 13.5. The molecule has 128 valence electrons. The molecule has 0 radical (unpaired) electrons. The molecule has 0 bridgehead atoms. The molecule has 0 aliphatic heterocycles. The summed E-state index contributed by atoms with van der Waals surface area (Å²) in [6.45, 7) is 2.87. The molecular weight excluding hydrogens is 336 g/mol. The van der Waals surface area contributed by atoms with Crippen LogP contribution in [0.1, 0.15) is 24.2 Å². The SMILES string of the molecule is CCOc1c(Cl)cc(C(=O)OCC(=O)[C@H](C#N)C(C)=N)cc1OC. The Morgan fingerprint density at radius 1 is 1.42 bits per heavy atom. The van der Waals surface area contributed by atoms with Crippen LogP contribution in [0, 0.1) is 22.7 Å². The van der Waals surface area contributed by atoms with E-state index in [9.17, 15) is 9.59 Å². The van der Waals surface area contributed by atoms with Gasteiger partial charge in [-0.15, -0.1) is 0 Å². The minimum atomic E-state index is -1.23. The molecule has 0 aliphatic rings. The van der Waals surface area contributed by atoms with Crippen LogP contribution in [0.2, 0.25) is 5.02 Å². The molecule has 24 heavy (non-hydrogen) atoms. The number of rotatable bonds is 8. The minimum Gasteiger partial charge on any atom is -0.493 e. The van der Waals surface area contributed by atoms with Crippen LogP contribution < -0.4 is 9.47 Å². The predicted molar refractivity (Wildman–Crippen MR) is 87.0 cm³/mol. The van der Waals surface area contributed by atoms with E-state index in [1.807, 2.05) is 0 Å². The maximum absolute atomic E-state index is 12.1. The lowest BCUT2D eigenvalue weighted by atomic mass is 10.0. The van der Waals surface area contributed by atoms with Crippen LogP contribution in [0.3, 0.4) is 0 Å². The van der Waals surface area contributed by atoms with Gasteiger partial charge in [-0.1, -0.05) is 11.6 Å². The quantitative estimate of drug-likeness (QED) is 0.569. The maximum atomic E-state index is 12.1. The molecule has 0 heterocycles. The van der Waals surface area contributed by atoms with E-state index in [-0.39, 0.29) is 22.0 Å². The van der Waals surface area contributed by atoms with Crippen molar-refractivity contribution in [3.8, 4) is 17.6 Å². The van der Waals surface area contributed by atoms with Crippen LogP contribution in [0.25, 0.3) is 0 Å². The molecule has 0 fully saturated rings. The number of Topliss-reactive ketones (excluding diaryl/α,β-unsaturated/α-hetero) is 1. The standard InChI is InChI=1S/C16H17ClN2O5/c1-4-23-15-12(17)5-10(6-14(15)22-3)16(21)24-8-13(20)11(7-18)9(2)19/h5-6,11,19H,4,8H2,1-3H3/t11-/m1/s1. The highest BCUT2D eigenvalue weighted by atomic mass is 35.5. The Kier molecular flexibility index (Phi) is 7.21. The van der Waals surface area contributed by atoms with Gasteiger partial charge in [0.15, 0.2) is 23.9 Å². The van der Waals surface area contributed by atoms with E-state index in [2.05, 4.69) is 0 Å². The molecule has 8 heteroatoms. The molecule has 1 aromatic rings. The number of hydrogen-bond donors (Lipinski definition) is 1. The average molecular weight is 353 g/mol. The second-order valence-corrected chi connectivity index (χ2v) is 5.12. The van der Waals surface area contributed by atoms with Gasteiger partial charge in [-0.05, 0) is 26.0 Å². The Morgan fingerprint density at radius 3 is 2.58 bits per heavy atom. The van der Waals surface area contributed by atoms with Gasteiger partial charge in [0, 0.05) is 5.71 Å². The Labute approximate surface area is 144 Å². The highest BCUT2D eigenvalue weighted by Crippen LogP contribution is 2.36. The van der Waals surface area contributed by atoms with Crippen LogP contribution in [0.15, 0.2) is 12.1 Å². The van der Waals surface area contributed by atoms with E-state index in [4.69, 9.17) is 36.5 Å². The molecule has 0 aliphatic carbocycles. The number of ketones is 1. The van der Waals surface area contributed by atoms with Crippen molar-refractivity contribution in [2.45, 2.75) is 13.8 Å². The van der Waals surface area contributed by atoms with Crippen molar-refractivity contribution in [2.24, 2.45) is 5.92 Å². The predicted octanol–water partition coefficient (Wildman–Crippen LogP) is 2.65. The number of nitriles is 1. The van der Waals surface area contributed by atoms with Gasteiger partial charge >= 0.3 is 5.97 Å². The lowest BCUT2D eigenvalue weighted by Gasteiger charge is -2.13. The number of nitrogens with one attached hydrogen (secondary N) is 1. The Bertz CT molecular complexity index is 696. The normalized spacial score (nSPS) is 11.1. The number of hydrogen-bond acceptors (Lipinski definition) is 7. The van der Waals surface area contributed by atoms with Crippen LogP contribution in [-0.2, 0) is 9.53 Å². The van der Waals surface area contributed by atoms with E-state index >= 15 is 0 Å². The van der Waals surface area contributed by atoms with Crippen molar-refractivity contribution in [3.05, 3.63) is 22.7 Å². The molecule has 1 atom stereocenters. The summed E-state index contributed by atoms with van der Waals surface area (Å²) in [4.78, 5) is 23.8. The van der Waals surface area contributed by atoms with E-state index in [1.54, 1.807) is 13.0 Å². The number of benzene rings is 1.